The number of alkyl halides is 2. The molecule has 0 aliphatic rings. The number of rotatable bonds is 9. The number of halogens is 3. The van der Waals surface area contributed by atoms with E-state index in [1.807, 2.05) is 22.9 Å². The molecule has 2 heterocycles. The van der Waals surface area contributed by atoms with Crippen molar-refractivity contribution in [2.24, 2.45) is 4.99 Å². The Labute approximate surface area is 202 Å². The van der Waals surface area contributed by atoms with Crippen LogP contribution in [0.25, 0.3) is 5.82 Å². The first-order valence-electron chi connectivity index (χ1n) is 9.68. The van der Waals surface area contributed by atoms with Crippen molar-refractivity contribution in [2.75, 3.05) is 13.7 Å². The van der Waals surface area contributed by atoms with Crippen LogP contribution in [-0.4, -0.2) is 40.8 Å². The fraction of sp³-hybridized carbons (Fsp3) is 0.286. The van der Waals surface area contributed by atoms with Crippen LogP contribution in [-0.2, 0) is 13.1 Å². The second kappa shape index (κ2) is 12.8. The van der Waals surface area contributed by atoms with Crippen molar-refractivity contribution in [3.8, 4) is 17.3 Å². The van der Waals surface area contributed by atoms with E-state index in [1.54, 1.807) is 50.9 Å². The molecule has 0 unspecified atom stereocenters. The minimum Gasteiger partial charge on any atom is -0.490 e. The van der Waals surface area contributed by atoms with E-state index < -0.39 is 6.61 Å². The van der Waals surface area contributed by atoms with Crippen molar-refractivity contribution in [3.63, 3.8) is 0 Å². The number of aromatic nitrogens is 3. The molecule has 0 saturated carbocycles. The predicted molar refractivity (Wildman–Crippen MR) is 128 cm³/mol. The average molecular weight is 558 g/mol. The number of hydrogen-bond donors (Lipinski definition) is 2. The minimum absolute atomic E-state index is 0. The van der Waals surface area contributed by atoms with E-state index in [1.165, 1.54) is 0 Å². The molecule has 0 amide bonds. The summed E-state index contributed by atoms with van der Waals surface area (Å²) in [5.41, 5.74) is 1.52. The largest absolute Gasteiger partial charge is 0.490 e. The van der Waals surface area contributed by atoms with E-state index in [4.69, 9.17) is 9.47 Å². The number of ether oxygens (including phenoxy) is 2. The third kappa shape index (κ3) is 7.04. The molecule has 0 bridgehead atoms. The molecule has 0 spiro atoms. The van der Waals surface area contributed by atoms with Crippen LogP contribution in [0, 0.1) is 0 Å². The highest BCUT2D eigenvalue weighted by atomic mass is 127. The standard InChI is InChI=1S/C21H24F2N6O2.HI/c1-3-30-17-6-4-5-16(19(17)31-20(22)23)13-28-21(24-2)27-12-15-7-8-26-18(11-15)29-10-9-25-14-29;/h4-11,14,20H,3,12-13H2,1-2H3,(H2,24,27,28);1H. The Bertz CT molecular complexity index is 1000. The summed E-state index contributed by atoms with van der Waals surface area (Å²) in [5.74, 6) is 1.54. The van der Waals surface area contributed by atoms with Crippen LogP contribution >= 0.6 is 24.0 Å². The summed E-state index contributed by atoms with van der Waals surface area (Å²) in [5, 5.41) is 6.30. The molecule has 11 heteroatoms. The molecule has 3 rings (SSSR count). The van der Waals surface area contributed by atoms with E-state index >= 15 is 0 Å². The summed E-state index contributed by atoms with van der Waals surface area (Å²) in [6.45, 7) is -0.121. The van der Waals surface area contributed by atoms with Gasteiger partial charge in [-0.3, -0.25) is 9.56 Å². The summed E-state index contributed by atoms with van der Waals surface area (Å²) < 4.78 is 37.7. The van der Waals surface area contributed by atoms with Gasteiger partial charge >= 0.3 is 6.61 Å². The highest BCUT2D eigenvalue weighted by Gasteiger charge is 2.16. The average Bonchev–Trinajstić information content (AvgIpc) is 3.31. The maximum atomic E-state index is 12.9. The first-order chi connectivity index (χ1) is 15.1. The van der Waals surface area contributed by atoms with Crippen LogP contribution in [0.1, 0.15) is 18.1 Å². The van der Waals surface area contributed by atoms with Crippen LogP contribution in [0.5, 0.6) is 11.5 Å². The van der Waals surface area contributed by atoms with Gasteiger partial charge in [-0.25, -0.2) is 9.97 Å². The third-order valence-electron chi connectivity index (χ3n) is 4.28. The number of guanidine groups is 1. The van der Waals surface area contributed by atoms with E-state index in [-0.39, 0.29) is 42.0 Å². The van der Waals surface area contributed by atoms with Crippen LogP contribution in [0.3, 0.4) is 0 Å². The lowest BCUT2D eigenvalue weighted by Crippen LogP contribution is -2.36. The Morgan fingerprint density at radius 2 is 2.00 bits per heavy atom. The topological polar surface area (TPSA) is 85.6 Å². The molecule has 0 aliphatic carbocycles. The second-order valence-corrected chi connectivity index (χ2v) is 6.33. The molecule has 0 radical (unpaired) electrons. The quantitative estimate of drug-likeness (QED) is 0.237. The van der Waals surface area contributed by atoms with Gasteiger partial charge in [0.15, 0.2) is 17.5 Å². The smallest absolute Gasteiger partial charge is 0.387 e. The SMILES string of the molecule is CCOc1cccc(CNC(=NC)NCc2ccnc(-n3ccnc3)c2)c1OC(F)F.I. The van der Waals surface area contributed by atoms with Gasteiger partial charge in [0.2, 0.25) is 0 Å². The van der Waals surface area contributed by atoms with Gasteiger partial charge in [-0.15, -0.1) is 24.0 Å². The van der Waals surface area contributed by atoms with Gasteiger partial charge in [-0.2, -0.15) is 8.78 Å². The molecule has 0 aliphatic heterocycles. The maximum absolute atomic E-state index is 12.9. The Morgan fingerprint density at radius 3 is 2.69 bits per heavy atom. The van der Waals surface area contributed by atoms with Gasteiger partial charge in [-0.05, 0) is 30.7 Å². The zero-order valence-corrected chi connectivity index (χ0v) is 20.0. The van der Waals surface area contributed by atoms with Gasteiger partial charge in [-0.1, -0.05) is 12.1 Å². The minimum atomic E-state index is -2.95. The van der Waals surface area contributed by atoms with Crippen molar-refractivity contribution >= 4 is 29.9 Å². The molecule has 2 N–H and O–H groups in total. The fourth-order valence-corrected chi connectivity index (χ4v) is 2.88. The number of para-hydroxylation sites is 1. The molecule has 0 fully saturated rings. The van der Waals surface area contributed by atoms with E-state index in [9.17, 15) is 8.78 Å². The molecular weight excluding hydrogens is 533 g/mol. The summed E-state index contributed by atoms with van der Waals surface area (Å²) in [6.07, 6.45) is 6.89. The van der Waals surface area contributed by atoms with Gasteiger partial charge in [0.25, 0.3) is 0 Å². The number of nitrogens with one attached hydrogen (secondary N) is 2. The second-order valence-electron chi connectivity index (χ2n) is 6.33. The summed E-state index contributed by atoms with van der Waals surface area (Å²) >= 11 is 0. The Balaban J connectivity index is 0.00000363. The summed E-state index contributed by atoms with van der Waals surface area (Å²) in [4.78, 5) is 12.5. The molecule has 0 atom stereocenters. The molecule has 3 aromatic rings. The number of benzene rings is 1. The molecule has 1 aromatic carbocycles. The fourth-order valence-electron chi connectivity index (χ4n) is 2.88. The summed E-state index contributed by atoms with van der Waals surface area (Å²) in [6, 6.07) is 8.84. The first kappa shape index (κ1) is 25.3. The number of hydrogen-bond acceptors (Lipinski definition) is 5. The zero-order valence-electron chi connectivity index (χ0n) is 17.7. The first-order valence-corrected chi connectivity index (χ1v) is 9.68. The molecule has 172 valence electrons. The molecule has 32 heavy (non-hydrogen) atoms. The third-order valence-corrected chi connectivity index (χ3v) is 4.28. The van der Waals surface area contributed by atoms with Gasteiger partial charge in [0.05, 0.1) is 6.61 Å². The highest BCUT2D eigenvalue weighted by molar-refractivity contribution is 14.0. The Hall–Kier alpha value is -2.96. The van der Waals surface area contributed by atoms with Crippen molar-refractivity contribution in [1.82, 2.24) is 25.2 Å². The predicted octanol–water partition coefficient (Wildman–Crippen LogP) is 3.75. The number of imidazole rings is 1. The van der Waals surface area contributed by atoms with Crippen molar-refractivity contribution < 1.29 is 18.3 Å². The van der Waals surface area contributed by atoms with Gasteiger partial charge in [0, 0.05) is 44.3 Å². The van der Waals surface area contributed by atoms with Crippen molar-refractivity contribution in [2.45, 2.75) is 26.6 Å². The number of pyridine rings is 1. The van der Waals surface area contributed by atoms with E-state index in [0.717, 1.165) is 11.4 Å². The van der Waals surface area contributed by atoms with Crippen molar-refractivity contribution in [3.05, 3.63) is 66.4 Å². The Morgan fingerprint density at radius 1 is 1.19 bits per heavy atom. The lowest BCUT2D eigenvalue weighted by atomic mass is 10.2. The highest BCUT2D eigenvalue weighted by Crippen LogP contribution is 2.32. The van der Waals surface area contributed by atoms with Crippen molar-refractivity contribution in [1.29, 1.82) is 0 Å². The van der Waals surface area contributed by atoms with Gasteiger partial charge in [0.1, 0.15) is 12.1 Å². The normalized spacial score (nSPS) is 11.1. The lowest BCUT2D eigenvalue weighted by molar-refractivity contribution is -0.0520. The van der Waals surface area contributed by atoms with Crippen LogP contribution in [0.15, 0.2) is 60.2 Å². The molecule has 2 aromatic heterocycles. The number of aliphatic imine (C=N–C) groups is 1. The van der Waals surface area contributed by atoms with E-state index in [2.05, 4.69) is 25.6 Å². The molecular formula is C21H25F2IN6O2. The Kier molecular flexibility index (Phi) is 10.1. The monoisotopic (exact) mass is 558 g/mol. The molecule has 8 nitrogen and oxygen atoms in total. The van der Waals surface area contributed by atoms with E-state index in [0.29, 0.717) is 24.7 Å². The molecule has 0 saturated heterocycles. The van der Waals surface area contributed by atoms with Crippen LogP contribution in [0.2, 0.25) is 0 Å². The van der Waals surface area contributed by atoms with Crippen LogP contribution < -0.4 is 20.1 Å². The summed E-state index contributed by atoms with van der Waals surface area (Å²) in [7, 11) is 1.63. The zero-order chi connectivity index (χ0) is 22.1. The van der Waals surface area contributed by atoms with Crippen LogP contribution in [0.4, 0.5) is 8.78 Å². The lowest BCUT2D eigenvalue weighted by Gasteiger charge is -2.17. The number of nitrogens with zero attached hydrogens (tertiary/aromatic N) is 4. The maximum Gasteiger partial charge on any atom is 0.387 e. The van der Waals surface area contributed by atoms with Gasteiger partial charge < -0.3 is 20.1 Å².